The number of nitro benzene ring substituents is 1. The van der Waals surface area contributed by atoms with E-state index < -0.39 is 0 Å². The lowest BCUT2D eigenvalue weighted by molar-refractivity contribution is -0.385. The number of rotatable bonds is 7. The fourth-order valence-corrected chi connectivity index (χ4v) is 1.93. The van der Waals surface area contributed by atoms with Crippen LogP contribution in [0.15, 0.2) is 24.3 Å². The van der Waals surface area contributed by atoms with Crippen molar-refractivity contribution in [3.63, 3.8) is 0 Å². The van der Waals surface area contributed by atoms with Gasteiger partial charge in [-0.05, 0) is 20.8 Å². The highest BCUT2D eigenvalue weighted by molar-refractivity contribution is 5.76. The molecule has 0 bridgehead atoms. The van der Waals surface area contributed by atoms with E-state index in [1.807, 2.05) is 20.8 Å². The molecule has 0 saturated carbocycles. The van der Waals surface area contributed by atoms with Gasteiger partial charge in [-0.1, -0.05) is 18.2 Å². The van der Waals surface area contributed by atoms with Crippen LogP contribution in [0.4, 0.5) is 5.69 Å². The Balaban J connectivity index is 2.53. The van der Waals surface area contributed by atoms with Crippen molar-refractivity contribution in [2.24, 2.45) is 0 Å². The number of nitro groups is 1. The van der Waals surface area contributed by atoms with E-state index in [1.54, 1.807) is 18.2 Å². The van der Waals surface area contributed by atoms with E-state index in [1.165, 1.54) is 6.07 Å². The number of nitrogens with zero attached hydrogens (tertiary/aromatic N) is 1. The van der Waals surface area contributed by atoms with E-state index in [4.69, 9.17) is 0 Å². The molecule has 1 aromatic rings. The zero-order valence-electron chi connectivity index (χ0n) is 12.1. The number of amides is 1. The van der Waals surface area contributed by atoms with Crippen LogP contribution in [0.1, 0.15) is 38.8 Å². The summed E-state index contributed by atoms with van der Waals surface area (Å²) in [7, 11) is 0. The third kappa shape index (κ3) is 4.97. The van der Waals surface area contributed by atoms with Gasteiger partial charge in [-0.2, -0.15) is 0 Å². The van der Waals surface area contributed by atoms with Crippen LogP contribution < -0.4 is 10.6 Å². The molecule has 6 heteroatoms. The van der Waals surface area contributed by atoms with E-state index in [2.05, 4.69) is 10.6 Å². The molecule has 0 spiro atoms. The van der Waals surface area contributed by atoms with E-state index in [0.717, 1.165) is 0 Å². The smallest absolute Gasteiger partial charge is 0.274 e. The molecule has 20 heavy (non-hydrogen) atoms. The first-order valence-electron chi connectivity index (χ1n) is 6.68. The third-order valence-corrected chi connectivity index (χ3v) is 2.85. The monoisotopic (exact) mass is 279 g/mol. The summed E-state index contributed by atoms with van der Waals surface area (Å²) < 4.78 is 0. The summed E-state index contributed by atoms with van der Waals surface area (Å²) in [5, 5.41) is 16.9. The molecule has 0 aromatic heterocycles. The van der Waals surface area contributed by atoms with Crippen LogP contribution in [0.25, 0.3) is 0 Å². The van der Waals surface area contributed by atoms with Gasteiger partial charge < -0.3 is 10.6 Å². The molecular weight excluding hydrogens is 258 g/mol. The molecule has 1 amide bonds. The summed E-state index contributed by atoms with van der Waals surface area (Å²) in [6.45, 7) is 6.14. The van der Waals surface area contributed by atoms with E-state index in [-0.39, 0.29) is 28.6 Å². The summed E-state index contributed by atoms with van der Waals surface area (Å²) in [6, 6.07) is 6.57. The Morgan fingerprint density at radius 2 is 1.95 bits per heavy atom. The molecule has 110 valence electrons. The van der Waals surface area contributed by atoms with Gasteiger partial charge in [0.1, 0.15) is 0 Å². The number of benzene rings is 1. The minimum Gasteiger partial charge on any atom is -0.354 e. The largest absolute Gasteiger partial charge is 0.354 e. The summed E-state index contributed by atoms with van der Waals surface area (Å²) in [5.74, 6) is -0.0257. The molecule has 0 aliphatic carbocycles. The molecule has 1 rings (SSSR count). The predicted octanol–water partition coefficient (Wildman–Crippen LogP) is 2.16. The van der Waals surface area contributed by atoms with Crippen molar-refractivity contribution < 1.29 is 9.72 Å². The number of carbonyl (C=O) groups excluding carboxylic acids is 1. The first-order chi connectivity index (χ1) is 9.41. The highest BCUT2D eigenvalue weighted by Gasteiger charge is 2.17. The van der Waals surface area contributed by atoms with Gasteiger partial charge in [0.2, 0.25) is 5.91 Å². The summed E-state index contributed by atoms with van der Waals surface area (Å²) in [6.07, 6.45) is 0.350. The maximum absolute atomic E-state index is 11.5. The average molecular weight is 279 g/mol. The Morgan fingerprint density at radius 3 is 2.55 bits per heavy atom. The minimum absolute atomic E-state index is 0.0257. The van der Waals surface area contributed by atoms with Crippen LogP contribution in [0.3, 0.4) is 0 Å². The lowest BCUT2D eigenvalue weighted by Gasteiger charge is -2.14. The Labute approximate surface area is 118 Å². The summed E-state index contributed by atoms with van der Waals surface area (Å²) in [5.41, 5.74) is 0.723. The second-order valence-electron chi connectivity index (χ2n) is 4.96. The zero-order chi connectivity index (χ0) is 15.1. The minimum atomic E-state index is -0.390. The first kappa shape index (κ1) is 16.1. The second-order valence-corrected chi connectivity index (χ2v) is 4.96. The number of hydrogen-bond donors (Lipinski definition) is 2. The van der Waals surface area contributed by atoms with Crippen molar-refractivity contribution in [3.8, 4) is 0 Å². The fourth-order valence-electron chi connectivity index (χ4n) is 1.93. The number of nitrogens with one attached hydrogen (secondary N) is 2. The van der Waals surface area contributed by atoms with Crippen LogP contribution >= 0.6 is 0 Å². The van der Waals surface area contributed by atoms with Gasteiger partial charge in [0.05, 0.1) is 4.92 Å². The molecule has 0 saturated heterocycles. The quantitative estimate of drug-likeness (QED) is 0.591. The van der Waals surface area contributed by atoms with Crippen LogP contribution in [0.5, 0.6) is 0 Å². The van der Waals surface area contributed by atoms with Gasteiger partial charge in [0.25, 0.3) is 5.69 Å². The SMILES string of the molecule is CC(C)NC(=O)CCNC(C)c1ccccc1[N+](=O)[O-]. The lowest BCUT2D eigenvalue weighted by Crippen LogP contribution is -2.33. The lowest BCUT2D eigenvalue weighted by atomic mass is 10.1. The molecule has 1 unspecified atom stereocenters. The van der Waals surface area contributed by atoms with E-state index in [9.17, 15) is 14.9 Å². The molecule has 0 aliphatic rings. The number of carbonyl (C=O) groups is 1. The molecular formula is C14H21N3O3. The molecule has 2 N–H and O–H groups in total. The molecule has 0 heterocycles. The molecule has 1 aromatic carbocycles. The Kier molecular flexibility index (Phi) is 6.11. The van der Waals surface area contributed by atoms with Crippen LogP contribution in [0.2, 0.25) is 0 Å². The van der Waals surface area contributed by atoms with Gasteiger partial charge >= 0.3 is 0 Å². The number of hydrogen-bond acceptors (Lipinski definition) is 4. The molecule has 0 radical (unpaired) electrons. The van der Waals surface area contributed by atoms with Gasteiger partial charge in [-0.15, -0.1) is 0 Å². The van der Waals surface area contributed by atoms with Crippen molar-refractivity contribution in [2.45, 2.75) is 39.3 Å². The van der Waals surface area contributed by atoms with Crippen molar-refractivity contribution in [2.75, 3.05) is 6.54 Å². The van der Waals surface area contributed by atoms with Crippen molar-refractivity contribution in [1.29, 1.82) is 0 Å². The normalized spacial score (nSPS) is 12.2. The Hall–Kier alpha value is -1.95. The van der Waals surface area contributed by atoms with E-state index in [0.29, 0.717) is 18.5 Å². The van der Waals surface area contributed by atoms with Gasteiger partial charge in [0.15, 0.2) is 0 Å². The molecule has 0 fully saturated rings. The maximum Gasteiger partial charge on any atom is 0.274 e. The summed E-state index contributed by atoms with van der Waals surface area (Å²) >= 11 is 0. The standard InChI is InChI=1S/C14H21N3O3/c1-10(2)16-14(18)8-9-15-11(3)12-6-4-5-7-13(12)17(19)20/h4-7,10-11,15H,8-9H2,1-3H3,(H,16,18). The van der Waals surface area contributed by atoms with Crippen LogP contribution in [0, 0.1) is 10.1 Å². The highest BCUT2D eigenvalue weighted by atomic mass is 16.6. The number of para-hydroxylation sites is 1. The van der Waals surface area contributed by atoms with Crippen LogP contribution in [-0.4, -0.2) is 23.4 Å². The van der Waals surface area contributed by atoms with Gasteiger partial charge in [0, 0.05) is 36.7 Å². The van der Waals surface area contributed by atoms with Gasteiger partial charge in [-0.25, -0.2) is 0 Å². The zero-order valence-corrected chi connectivity index (χ0v) is 12.1. The predicted molar refractivity (Wildman–Crippen MR) is 77.4 cm³/mol. The summed E-state index contributed by atoms with van der Waals surface area (Å²) in [4.78, 5) is 22.0. The Bertz CT molecular complexity index is 474. The third-order valence-electron chi connectivity index (χ3n) is 2.85. The van der Waals surface area contributed by atoms with Crippen molar-refractivity contribution in [3.05, 3.63) is 39.9 Å². The van der Waals surface area contributed by atoms with Crippen LogP contribution in [-0.2, 0) is 4.79 Å². The topological polar surface area (TPSA) is 84.3 Å². The average Bonchev–Trinajstić information content (AvgIpc) is 2.37. The molecule has 0 aliphatic heterocycles. The fraction of sp³-hybridized carbons (Fsp3) is 0.500. The van der Waals surface area contributed by atoms with Crippen molar-refractivity contribution in [1.82, 2.24) is 10.6 Å². The van der Waals surface area contributed by atoms with Crippen molar-refractivity contribution >= 4 is 11.6 Å². The highest BCUT2D eigenvalue weighted by Crippen LogP contribution is 2.24. The molecule has 6 nitrogen and oxygen atoms in total. The van der Waals surface area contributed by atoms with Gasteiger partial charge in [-0.3, -0.25) is 14.9 Å². The second kappa shape index (κ2) is 7.59. The van der Waals surface area contributed by atoms with E-state index >= 15 is 0 Å². The first-order valence-corrected chi connectivity index (χ1v) is 6.68. The molecule has 1 atom stereocenters. The maximum atomic E-state index is 11.5. The Morgan fingerprint density at radius 1 is 1.30 bits per heavy atom.